The molecule has 4 nitrogen and oxygen atoms in total. The van der Waals surface area contributed by atoms with Crippen LogP contribution in [0.4, 0.5) is 0 Å². The van der Waals surface area contributed by atoms with Crippen LogP contribution in [0.15, 0.2) is 10.7 Å². The Balaban J connectivity index is 2.53. The molecule has 1 aromatic heterocycles. The minimum atomic E-state index is -0.471. The van der Waals surface area contributed by atoms with E-state index in [4.69, 9.17) is 9.15 Å². The van der Waals surface area contributed by atoms with Crippen LogP contribution < -0.4 is 0 Å². The summed E-state index contributed by atoms with van der Waals surface area (Å²) in [6, 6.07) is 0. The van der Waals surface area contributed by atoms with E-state index >= 15 is 0 Å². The van der Waals surface area contributed by atoms with Crippen molar-refractivity contribution in [1.29, 1.82) is 0 Å². The zero-order valence-corrected chi connectivity index (χ0v) is 9.66. The number of hydrogen-bond donors (Lipinski definition) is 0. The molecule has 1 rings (SSSR count). The van der Waals surface area contributed by atoms with Gasteiger partial charge in [-0.15, -0.1) is 0 Å². The third kappa shape index (κ3) is 3.08. The summed E-state index contributed by atoms with van der Waals surface area (Å²) in [4.78, 5) is 15.6. The lowest BCUT2D eigenvalue weighted by Crippen LogP contribution is -2.26. The number of carbonyl (C=O) groups excluding carboxylic acids is 1. The van der Waals surface area contributed by atoms with Crippen molar-refractivity contribution >= 4 is 5.97 Å². The highest BCUT2D eigenvalue weighted by atomic mass is 16.5. The fraction of sp³-hybridized carbons (Fsp3) is 0.636. The first-order valence-electron chi connectivity index (χ1n) is 4.95. The number of ether oxygens (including phenoxy) is 1. The van der Waals surface area contributed by atoms with Crippen molar-refractivity contribution in [3.8, 4) is 0 Å². The predicted octanol–water partition coefficient (Wildman–Crippen LogP) is 2.11. The van der Waals surface area contributed by atoms with Crippen molar-refractivity contribution in [2.24, 2.45) is 5.41 Å². The molecule has 0 saturated heterocycles. The van der Waals surface area contributed by atoms with Gasteiger partial charge in [0, 0.05) is 6.92 Å². The van der Waals surface area contributed by atoms with Gasteiger partial charge < -0.3 is 9.15 Å². The second-order valence-corrected chi connectivity index (χ2v) is 4.23. The number of carbonyl (C=O) groups is 1. The van der Waals surface area contributed by atoms with E-state index in [1.807, 2.05) is 13.8 Å². The van der Waals surface area contributed by atoms with E-state index in [1.165, 1.54) is 7.11 Å². The van der Waals surface area contributed by atoms with Gasteiger partial charge in [-0.05, 0) is 26.7 Å². The van der Waals surface area contributed by atoms with Crippen LogP contribution in [0.5, 0.6) is 0 Å². The van der Waals surface area contributed by atoms with E-state index < -0.39 is 5.41 Å². The summed E-state index contributed by atoms with van der Waals surface area (Å²) in [5.74, 6) is 0.462. The molecule has 0 fully saturated rings. The topological polar surface area (TPSA) is 52.3 Å². The molecule has 15 heavy (non-hydrogen) atoms. The van der Waals surface area contributed by atoms with Crippen LogP contribution in [0, 0.1) is 12.3 Å². The van der Waals surface area contributed by atoms with E-state index in [1.54, 1.807) is 13.2 Å². The zero-order chi connectivity index (χ0) is 11.5. The highest BCUT2D eigenvalue weighted by Gasteiger charge is 2.28. The highest BCUT2D eigenvalue weighted by Crippen LogP contribution is 2.24. The number of esters is 1. The van der Waals surface area contributed by atoms with E-state index in [0.717, 1.165) is 12.1 Å². The summed E-state index contributed by atoms with van der Waals surface area (Å²) in [6.45, 7) is 5.53. The van der Waals surface area contributed by atoms with Crippen LogP contribution in [-0.4, -0.2) is 18.1 Å². The van der Waals surface area contributed by atoms with Crippen LogP contribution in [0.1, 0.15) is 31.9 Å². The number of methoxy groups -OCH3 is 1. The van der Waals surface area contributed by atoms with Crippen molar-refractivity contribution in [3.05, 3.63) is 17.8 Å². The van der Waals surface area contributed by atoms with Gasteiger partial charge in [0.05, 0.1) is 18.2 Å². The molecule has 0 amide bonds. The molecule has 0 spiro atoms. The molecule has 4 heteroatoms. The third-order valence-corrected chi connectivity index (χ3v) is 2.41. The van der Waals surface area contributed by atoms with Gasteiger partial charge in [-0.1, -0.05) is 0 Å². The molecule has 0 unspecified atom stereocenters. The fourth-order valence-electron chi connectivity index (χ4n) is 1.34. The first-order chi connectivity index (χ1) is 6.95. The fourth-order valence-corrected chi connectivity index (χ4v) is 1.34. The first kappa shape index (κ1) is 11.8. The first-order valence-corrected chi connectivity index (χ1v) is 4.95. The Hall–Kier alpha value is -1.32. The van der Waals surface area contributed by atoms with E-state index in [0.29, 0.717) is 12.3 Å². The van der Waals surface area contributed by atoms with Crippen LogP contribution in [0.2, 0.25) is 0 Å². The van der Waals surface area contributed by atoms with Gasteiger partial charge in [0.25, 0.3) is 0 Å². The maximum Gasteiger partial charge on any atom is 0.311 e. The Morgan fingerprint density at radius 2 is 2.27 bits per heavy atom. The summed E-state index contributed by atoms with van der Waals surface area (Å²) in [5, 5.41) is 0. The predicted molar refractivity (Wildman–Crippen MR) is 55.4 cm³/mol. The number of rotatable bonds is 4. The number of oxazole rings is 1. The van der Waals surface area contributed by atoms with Crippen molar-refractivity contribution in [1.82, 2.24) is 4.98 Å². The molecule has 0 N–H and O–H groups in total. The smallest absolute Gasteiger partial charge is 0.311 e. The average molecular weight is 211 g/mol. The summed E-state index contributed by atoms with van der Waals surface area (Å²) in [7, 11) is 1.41. The van der Waals surface area contributed by atoms with Crippen LogP contribution in [-0.2, 0) is 16.0 Å². The Labute approximate surface area is 89.6 Å². The van der Waals surface area contributed by atoms with Gasteiger partial charge in [0.2, 0.25) is 0 Å². The maximum absolute atomic E-state index is 11.4. The monoisotopic (exact) mass is 211 g/mol. The van der Waals surface area contributed by atoms with Crippen LogP contribution in [0.25, 0.3) is 0 Å². The number of nitrogens with zero attached hydrogens (tertiary/aromatic N) is 1. The number of aromatic nitrogens is 1. The molecule has 0 atom stereocenters. The van der Waals surface area contributed by atoms with Crippen molar-refractivity contribution in [3.63, 3.8) is 0 Å². The van der Waals surface area contributed by atoms with Crippen molar-refractivity contribution in [2.45, 2.75) is 33.6 Å². The quantitative estimate of drug-likeness (QED) is 0.716. The minimum absolute atomic E-state index is 0.192. The van der Waals surface area contributed by atoms with Gasteiger partial charge in [0.15, 0.2) is 5.89 Å². The molecule has 0 aliphatic carbocycles. The molecule has 84 valence electrons. The molecular formula is C11H17NO3. The second kappa shape index (κ2) is 4.47. The van der Waals surface area contributed by atoms with Crippen LogP contribution >= 0.6 is 0 Å². The average Bonchev–Trinajstić information content (AvgIpc) is 2.60. The molecule has 0 saturated carbocycles. The molecule has 0 aromatic carbocycles. The SMILES string of the molecule is COC(=O)C(C)(C)CCc1coc(C)n1. The molecular weight excluding hydrogens is 194 g/mol. The van der Waals surface area contributed by atoms with E-state index in [-0.39, 0.29) is 5.97 Å². The van der Waals surface area contributed by atoms with Gasteiger partial charge in [-0.2, -0.15) is 0 Å². The molecule has 1 heterocycles. The molecule has 0 bridgehead atoms. The number of hydrogen-bond acceptors (Lipinski definition) is 4. The normalized spacial score (nSPS) is 11.5. The van der Waals surface area contributed by atoms with E-state index in [2.05, 4.69) is 4.98 Å². The Morgan fingerprint density at radius 3 is 2.73 bits per heavy atom. The zero-order valence-electron chi connectivity index (χ0n) is 9.66. The van der Waals surface area contributed by atoms with Gasteiger partial charge in [0.1, 0.15) is 6.26 Å². The van der Waals surface area contributed by atoms with Crippen molar-refractivity contribution < 1.29 is 13.9 Å². The second-order valence-electron chi connectivity index (χ2n) is 4.23. The van der Waals surface area contributed by atoms with E-state index in [9.17, 15) is 4.79 Å². The lowest BCUT2D eigenvalue weighted by Gasteiger charge is -2.20. The Kier molecular flexibility index (Phi) is 3.50. The largest absolute Gasteiger partial charge is 0.469 e. The Morgan fingerprint density at radius 1 is 1.60 bits per heavy atom. The van der Waals surface area contributed by atoms with Gasteiger partial charge in [-0.3, -0.25) is 4.79 Å². The molecule has 0 aliphatic rings. The van der Waals surface area contributed by atoms with Crippen molar-refractivity contribution in [2.75, 3.05) is 7.11 Å². The lowest BCUT2D eigenvalue weighted by molar-refractivity contribution is -0.151. The molecule has 0 radical (unpaired) electrons. The maximum atomic E-state index is 11.4. The summed E-state index contributed by atoms with van der Waals surface area (Å²) >= 11 is 0. The highest BCUT2D eigenvalue weighted by molar-refractivity contribution is 5.75. The van der Waals surface area contributed by atoms with Crippen LogP contribution in [0.3, 0.4) is 0 Å². The summed E-state index contributed by atoms with van der Waals surface area (Å²) < 4.78 is 9.82. The molecule has 0 aliphatic heterocycles. The van der Waals surface area contributed by atoms with Gasteiger partial charge >= 0.3 is 5.97 Å². The summed E-state index contributed by atoms with van der Waals surface area (Å²) in [5.41, 5.74) is 0.409. The lowest BCUT2D eigenvalue weighted by atomic mass is 9.87. The van der Waals surface area contributed by atoms with Gasteiger partial charge in [-0.25, -0.2) is 4.98 Å². The minimum Gasteiger partial charge on any atom is -0.469 e. The Bertz CT molecular complexity index is 341. The third-order valence-electron chi connectivity index (χ3n) is 2.41. The summed E-state index contributed by atoms with van der Waals surface area (Å²) in [6.07, 6.45) is 3.05. The number of aryl methyl sites for hydroxylation is 2. The standard InChI is InChI=1S/C11H17NO3/c1-8-12-9(7-15-8)5-6-11(2,3)10(13)14-4/h7H,5-6H2,1-4H3. The molecule has 1 aromatic rings.